The van der Waals surface area contributed by atoms with Crippen LogP contribution >= 0.6 is 46.4 Å². The van der Waals surface area contributed by atoms with Crippen LogP contribution in [0, 0.1) is 0 Å². The molecule has 0 aromatic heterocycles. The zero-order valence-corrected chi connectivity index (χ0v) is 15.8. The molecule has 0 saturated heterocycles. The number of benzene rings is 2. The van der Waals surface area contributed by atoms with Crippen molar-refractivity contribution >= 4 is 58.3 Å². The molecule has 25 heavy (non-hydrogen) atoms. The van der Waals surface area contributed by atoms with Crippen LogP contribution in [0.1, 0.15) is 19.3 Å². The van der Waals surface area contributed by atoms with Crippen molar-refractivity contribution in [1.82, 2.24) is 0 Å². The molecule has 2 rings (SSSR count). The number of hydrogen-bond donors (Lipinski definition) is 0. The molecule has 0 spiro atoms. The Balaban J connectivity index is 1.80. The van der Waals surface area contributed by atoms with Gasteiger partial charge in [0, 0.05) is 12.8 Å². The minimum atomic E-state index is -0.530. The van der Waals surface area contributed by atoms with Crippen molar-refractivity contribution < 1.29 is 19.1 Å². The van der Waals surface area contributed by atoms with Gasteiger partial charge in [-0.25, -0.2) is 0 Å². The third-order valence-corrected chi connectivity index (χ3v) is 4.64. The first-order chi connectivity index (χ1) is 11.9. The Labute approximate surface area is 164 Å². The molecule has 2 aromatic rings. The van der Waals surface area contributed by atoms with Crippen LogP contribution in [0.25, 0.3) is 0 Å². The number of halogens is 4. The standard InChI is InChI=1S/C17H12Cl4O4/c18-10-4-1-6-12(16(10)20)24-14(22)8-3-9-15(23)25-13-7-2-5-11(19)17(13)21/h1-2,4-7H,3,8-9H2. The maximum atomic E-state index is 11.8. The summed E-state index contributed by atoms with van der Waals surface area (Å²) in [6, 6.07) is 9.45. The average molecular weight is 422 g/mol. The van der Waals surface area contributed by atoms with Gasteiger partial charge in [0.05, 0.1) is 10.0 Å². The van der Waals surface area contributed by atoms with Crippen molar-refractivity contribution in [3.8, 4) is 11.5 Å². The van der Waals surface area contributed by atoms with E-state index in [2.05, 4.69) is 0 Å². The lowest BCUT2D eigenvalue weighted by Gasteiger charge is -2.08. The summed E-state index contributed by atoms with van der Waals surface area (Å²) in [6.07, 6.45) is 0.274. The van der Waals surface area contributed by atoms with Crippen LogP contribution in [0.4, 0.5) is 0 Å². The molecule has 0 aliphatic carbocycles. The Hall–Kier alpha value is -1.46. The molecule has 0 fully saturated rings. The van der Waals surface area contributed by atoms with Gasteiger partial charge in [0.15, 0.2) is 11.5 Å². The van der Waals surface area contributed by atoms with Crippen LogP contribution in [-0.2, 0) is 9.59 Å². The second-order valence-corrected chi connectivity index (χ2v) is 6.48. The first kappa shape index (κ1) is 19.9. The number of rotatable bonds is 6. The predicted octanol–water partition coefficient (Wildman–Crippen LogP) is 5.98. The third kappa shape index (κ3) is 5.79. The van der Waals surface area contributed by atoms with Crippen molar-refractivity contribution in [3.63, 3.8) is 0 Å². The van der Waals surface area contributed by atoms with Gasteiger partial charge in [-0.15, -0.1) is 0 Å². The summed E-state index contributed by atoms with van der Waals surface area (Å²) in [7, 11) is 0. The summed E-state index contributed by atoms with van der Waals surface area (Å²) < 4.78 is 10.2. The Morgan fingerprint density at radius 2 is 1.12 bits per heavy atom. The molecule has 8 heteroatoms. The molecule has 132 valence electrons. The molecule has 0 aliphatic heterocycles. The fraction of sp³-hybridized carbons (Fsp3) is 0.176. The molecule has 2 aromatic carbocycles. The fourth-order valence-corrected chi connectivity index (χ4v) is 2.51. The molecule has 0 unspecified atom stereocenters. The second kappa shape index (κ2) is 9.30. The van der Waals surface area contributed by atoms with Crippen molar-refractivity contribution in [2.24, 2.45) is 0 Å². The predicted molar refractivity (Wildman–Crippen MR) is 98.0 cm³/mol. The third-order valence-electron chi connectivity index (χ3n) is 3.04. The van der Waals surface area contributed by atoms with Crippen molar-refractivity contribution in [2.75, 3.05) is 0 Å². The topological polar surface area (TPSA) is 52.6 Å². The van der Waals surface area contributed by atoms with Gasteiger partial charge in [-0.1, -0.05) is 58.5 Å². The van der Waals surface area contributed by atoms with Crippen LogP contribution in [0.15, 0.2) is 36.4 Å². The van der Waals surface area contributed by atoms with Crippen molar-refractivity contribution in [2.45, 2.75) is 19.3 Å². The van der Waals surface area contributed by atoms with Crippen LogP contribution in [-0.4, -0.2) is 11.9 Å². The van der Waals surface area contributed by atoms with E-state index in [0.717, 1.165) is 0 Å². The lowest BCUT2D eigenvalue weighted by atomic mass is 10.2. The van der Waals surface area contributed by atoms with E-state index in [1.54, 1.807) is 24.3 Å². The Morgan fingerprint density at radius 3 is 1.52 bits per heavy atom. The zero-order chi connectivity index (χ0) is 18.4. The minimum Gasteiger partial charge on any atom is -0.425 e. The average Bonchev–Trinajstić information content (AvgIpc) is 2.56. The smallest absolute Gasteiger partial charge is 0.311 e. The van der Waals surface area contributed by atoms with E-state index in [1.807, 2.05) is 0 Å². The normalized spacial score (nSPS) is 10.4. The molecule has 0 bridgehead atoms. The highest BCUT2D eigenvalue weighted by atomic mass is 35.5. The molecule has 0 N–H and O–H groups in total. The monoisotopic (exact) mass is 420 g/mol. The summed E-state index contributed by atoms with van der Waals surface area (Å²) in [5, 5.41) is 0.892. The maximum Gasteiger partial charge on any atom is 0.311 e. The molecule has 0 amide bonds. The first-order valence-corrected chi connectivity index (χ1v) is 8.69. The maximum absolute atomic E-state index is 11.8. The molecule has 0 radical (unpaired) electrons. The van der Waals surface area contributed by atoms with Crippen LogP contribution in [0.3, 0.4) is 0 Å². The van der Waals surface area contributed by atoms with Gasteiger partial charge in [-0.3, -0.25) is 9.59 Å². The van der Waals surface area contributed by atoms with Gasteiger partial charge in [-0.2, -0.15) is 0 Å². The Bertz CT molecular complexity index is 727. The van der Waals surface area contributed by atoms with Crippen LogP contribution < -0.4 is 9.47 Å². The van der Waals surface area contributed by atoms with Crippen LogP contribution in [0.5, 0.6) is 11.5 Å². The number of carbonyl (C=O) groups is 2. The minimum absolute atomic E-state index is 0.0151. The number of ether oxygens (including phenoxy) is 2. The highest BCUT2D eigenvalue weighted by Gasteiger charge is 2.14. The zero-order valence-electron chi connectivity index (χ0n) is 12.7. The lowest BCUT2D eigenvalue weighted by Crippen LogP contribution is -2.12. The van der Waals surface area contributed by atoms with E-state index in [1.165, 1.54) is 12.1 Å². The highest BCUT2D eigenvalue weighted by Crippen LogP contribution is 2.32. The summed E-state index contributed by atoms with van der Waals surface area (Å²) in [5.41, 5.74) is 0. The Kier molecular flexibility index (Phi) is 7.38. The second-order valence-electron chi connectivity index (χ2n) is 4.91. The van der Waals surface area contributed by atoms with E-state index >= 15 is 0 Å². The molecular formula is C17H12Cl4O4. The first-order valence-electron chi connectivity index (χ1n) is 7.18. The van der Waals surface area contributed by atoms with E-state index in [0.29, 0.717) is 0 Å². The van der Waals surface area contributed by atoms with Crippen LogP contribution in [0.2, 0.25) is 20.1 Å². The van der Waals surface area contributed by atoms with Crippen molar-refractivity contribution in [1.29, 1.82) is 0 Å². The van der Waals surface area contributed by atoms with Gasteiger partial charge in [0.1, 0.15) is 10.0 Å². The van der Waals surface area contributed by atoms with E-state index in [4.69, 9.17) is 55.9 Å². The van der Waals surface area contributed by atoms with Gasteiger partial charge in [0.2, 0.25) is 0 Å². The molecule has 0 saturated carbocycles. The number of esters is 2. The molecular weight excluding hydrogens is 410 g/mol. The van der Waals surface area contributed by atoms with Gasteiger partial charge in [-0.05, 0) is 30.7 Å². The molecule has 4 nitrogen and oxygen atoms in total. The summed E-state index contributed by atoms with van der Waals surface area (Å²) >= 11 is 23.5. The molecule has 0 atom stereocenters. The van der Waals surface area contributed by atoms with Gasteiger partial charge in [0.25, 0.3) is 0 Å². The highest BCUT2D eigenvalue weighted by molar-refractivity contribution is 6.43. The largest absolute Gasteiger partial charge is 0.425 e. The molecule has 0 aliphatic rings. The quantitative estimate of drug-likeness (QED) is 0.425. The number of hydrogen-bond acceptors (Lipinski definition) is 4. The van der Waals surface area contributed by atoms with Gasteiger partial charge < -0.3 is 9.47 Å². The summed E-state index contributed by atoms with van der Waals surface area (Å²) in [5.74, 6) is -0.713. The van der Waals surface area contributed by atoms with E-state index in [9.17, 15) is 9.59 Å². The summed E-state index contributed by atoms with van der Waals surface area (Å²) in [6.45, 7) is 0. The Morgan fingerprint density at radius 1 is 0.720 bits per heavy atom. The van der Waals surface area contributed by atoms with Crippen molar-refractivity contribution in [3.05, 3.63) is 56.5 Å². The summed E-state index contributed by atoms with van der Waals surface area (Å²) in [4.78, 5) is 23.6. The molecule has 0 heterocycles. The number of carbonyl (C=O) groups excluding carboxylic acids is 2. The van der Waals surface area contributed by atoms with Gasteiger partial charge >= 0.3 is 11.9 Å². The SMILES string of the molecule is O=C(CCCC(=O)Oc1cccc(Cl)c1Cl)Oc1cccc(Cl)c1Cl. The lowest BCUT2D eigenvalue weighted by molar-refractivity contribution is -0.136. The van der Waals surface area contributed by atoms with E-state index < -0.39 is 11.9 Å². The van der Waals surface area contributed by atoms with E-state index in [-0.39, 0.29) is 50.9 Å². The fourth-order valence-electron chi connectivity index (χ4n) is 1.85.